The van der Waals surface area contributed by atoms with Crippen molar-refractivity contribution >= 4 is 22.8 Å². The van der Waals surface area contributed by atoms with Crippen molar-refractivity contribution in [2.45, 2.75) is 32.3 Å². The first-order valence-electron chi connectivity index (χ1n) is 11.1. The summed E-state index contributed by atoms with van der Waals surface area (Å²) in [5.41, 5.74) is 0.637. The molecule has 0 radical (unpaired) electrons. The van der Waals surface area contributed by atoms with Crippen molar-refractivity contribution < 1.29 is 19.4 Å². The van der Waals surface area contributed by atoms with Crippen molar-refractivity contribution in [3.8, 4) is 0 Å². The Morgan fingerprint density at radius 3 is 2.58 bits per heavy atom. The fourth-order valence-electron chi connectivity index (χ4n) is 5.38. The summed E-state index contributed by atoms with van der Waals surface area (Å²) >= 11 is 0. The van der Waals surface area contributed by atoms with Crippen LogP contribution in [0.2, 0.25) is 0 Å². The van der Waals surface area contributed by atoms with Crippen molar-refractivity contribution in [1.29, 1.82) is 0 Å². The third-order valence-electron chi connectivity index (χ3n) is 7.32. The number of aromatic nitrogens is 2. The number of hydrogen-bond acceptors (Lipinski definition) is 5. The van der Waals surface area contributed by atoms with Gasteiger partial charge in [0.05, 0.1) is 24.7 Å². The Hall–Kier alpha value is -2.45. The molecule has 5 heterocycles. The lowest BCUT2D eigenvalue weighted by Gasteiger charge is -2.50. The van der Waals surface area contributed by atoms with Gasteiger partial charge < -0.3 is 24.2 Å². The van der Waals surface area contributed by atoms with Gasteiger partial charge in [-0.1, -0.05) is 0 Å². The first-order chi connectivity index (χ1) is 14.8. The maximum absolute atomic E-state index is 13.3. The monoisotopic (exact) mass is 426 g/mol. The molecule has 8 heteroatoms. The lowest BCUT2D eigenvalue weighted by Crippen LogP contribution is -2.59. The number of likely N-dealkylation sites (tertiary alicyclic amines) is 2. The first-order valence-corrected chi connectivity index (χ1v) is 11.1. The Bertz CT molecular complexity index is 1020. The van der Waals surface area contributed by atoms with Crippen LogP contribution in [0.1, 0.15) is 36.7 Å². The minimum atomic E-state index is -0.559. The van der Waals surface area contributed by atoms with E-state index in [0.29, 0.717) is 51.5 Å². The standard InChI is InChI=1S/C23H30N4O4/c1-22(14-31-15-22)21(30)26-9-6-23(7-10-26)11-17(28)12-27(13-23)20(29)18-4-3-16-5-8-25(2)19(16)24-18/h3-5,8,17,28H,6-7,9-15H2,1-2H3. The number of rotatable bonds is 2. The van der Waals surface area contributed by atoms with E-state index in [1.165, 1.54) is 0 Å². The number of carbonyl (C=O) groups excluding carboxylic acids is 2. The smallest absolute Gasteiger partial charge is 0.272 e. The fraction of sp³-hybridized carbons (Fsp3) is 0.609. The van der Waals surface area contributed by atoms with E-state index in [2.05, 4.69) is 4.98 Å². The molecule has 5 rings (SSSR count). The molecule has 1 spiro atoms. The molecule has 3 saturated heterocycles. The molecule has 1 atom stereocenters. The van der Waals surface area contributed by atoms with Crippen LogP contribution in [0.25, 0.3) is 11.0 Å². The highest BCUT2D eigenvalue weighted by Gasteiger charge is 2.48. The average Bonchev–Trinajstić information content (AvgIpc) is 3.11. The molecule has 166 valence electrons. The zero-order valence-corrected chi connectivity index (χ0v) is 18.2. The van der Waals surface area contributed by atoms with Crippen molar-refractivity contribution in [2.75, 3.05) is 39.4 Å². The van der Waals surface area contributed by atoms with Crippen LogP contribution in [0.3, 0.4) is 0 Å². The highest BCUT2D eigenvalue weighted by Crippen LogP contribution is 2.41. The zero-order valence-electron chi connectivity index (χ0n) is 18.2. The highest BCUT2D eigenvalue weighted by atomic mass is 16.5. The minimum Gasteiger partial charge on any atom is -0.391 e. The lowest BCUT2D eigenvalue weighted by atomic mass is 9.71. The second-order valence-electron chi connectivity index (χ2n) is 9.93. The molecule has 3 fully saturated rings. The zero-order chi connectivity index (χ0) is 21.8. The molecule has 3 aliphatic rings. The quantitative estimate of drug-likeness (QED) is 0.785. The number of aryl methyl sites for hydroxylation is 1. The van der Waals surface area contributed by atoms with E-state index in [-0.39, 0.29) is 22.6 Å². The van der Waals surface area contributed by atoms with E-state index in [1.54, 1.807) is 11.0 Å². The molecule has 1 unspecified atom stereocenters. The Kier molecular flexibility index (Phi) is 4.82. The predicted molar refractivity (Wildman–Crippen MR) is 114 cm³/mol. The summed E-state index contributed by atoms with van der Waals surface area (Å²) in [6, 6.07) is 5.66. The van der Waals surface area contributed by atoms with Crippen molar-refractivity contribution in [2.24, 2.45) is 17.9 Å². The van der Waals surface area contributed by atoms with E-state index in [0.717, 1.165) is 23.9 Å². The van der Waals surface area contributed by atoms with Gasteiger partial charge in [0.25, 0.3) is 5.91 Å². The molecule has 3 aliphatic heterocycles. The van der Waals surface area contributed by atoms with E-state index >= 15 is 0 Å². The molecule has 2 aromatic rings. The Labute approximate surface area is 181 Å². The lowest BCUT2D eigenvalue weighted by molar-refractivity contribution is -0.171. The fourth-order valence-corrected chi connectivity index (χ4v) is 5.38. The van der Waals surface area contributed by atoms with Gasteiger partial charge in [0.15, 0.2) is 0 Å². The molecule has 31 heavy (non-hydrogen) atoms. The number of amides is 2. The molecular formula is C23H30N4O4. The summed E-state index contributed by atoms with van der Waals surface area (Å²) in [4.78, 5) is 34.4. The van der Waals surface area contributed by atoms with E-state index in [9.17, 15) is 14.7 Å². The van der Waals surface area contributed by atoms with Crippen LogP contribution >= 0.6 is 0 Å². The summed E-state index contributed by atoms with van der Waals surface area (Å²) in [7, 11) is 1.91. The second-order valence-corrected chi connectivity index (χ2v) is 9.93. The first kappa shape index (κ1) is 20.5. The topological polar surface area (TPSA) is 87.9 Å². The number of β-amino-alcohol motifs (C(OH)–C–C–N with tert-alkyl or cyclic N) is 1. The van der Waals surface area contributed by atoms with Gasteiger partial charge in [0.1, 0.15) is 11.3 Å². The number of ether oxygens (including phenoxy) is 1. The molecule has 2 amide bonds. The number of hydrogen-bond donors (Lipinski definition) is 1. The largest absolute Gasteiger partial charge is 0.391 e. The van der Waals surface area contributed by atoms with Crippen molar-refractivity contribution in [3.05, 3.63) is 30.1 Å². The minimum absolute atomic E-state index is 0.140. The summed E-state index contributed by atoms with van der Waals surface area (Å²) in [6.45, 7) is 5.20. The Balaban J connectivity index is 1.30. The van der Waals surface area contributed by atoms with E-state index in [4.69, 9.17) is 4.74 Å². The summed E-state index contributed by atoms with van der Waals surface area (Å²) in [5.74, 6) is 0.0248. The maximum Gasteiger partial charge on any atom is 0.272 e. The van der Waals surface area contributed by atoms with Crippen LogP contribution < -0.4 is 0 Å². The number of piperidine rings is 2. The van der Waals surface area contributed by atoms with Crippen molar-refractivity contribution in [1.82, 2.24) is 19.4 Å². The average molecular weight is 427 g/mol. The number of pyridine rings is 1. The normalized spacial score (nSPS) is 24.9. The molecular weight excluding hydrogens is 396 g/mol. The SMILES string of the molecule is Cn1ccc2ccc(C(=O)N3CC(O)CC4(CCN(C(=O)C5(C)COC5)CC4)C3)nc21. The van der Waals surface area contributed by atoms with Gasteiger partial charge >= 0.3 is 0 Å². The maximum atomic E-state index is 13.3. The summed E-state index contributed by atoms with van der Waals surface area (Å²) < 4.78 is 7.15. The molecule has 1 N–H and O–H groups in total. The van der Waals surface area contributed by atoms with Crippen LogP contribution in [0.15, 0.2) is 24.4 Å². The molecule has 0 bridgehead atoms. The Morgan fingerprint density at radius 1 is 1.16 bits per heavy atom. The van der Waals surface area contributed by atoms with Crippen LogP contribution in [-0.2, 0) is 16.6 Å². The molecule has 0 saturated carbocycles. The van der Waals surface area contributed by atoms with E-state index < -0.39 is 6.10 Å². The molecule has 8 nitrogen and oxygen atoms in total. The third kappa shape index (κ3) is 3.51. The number of aliphatic hydroxyl groups excluding tert-OH is 1. The predicted octanol–water partition coefficient (Wildman–Crippen LogP) is 1.43. The van der Waals surface area contributed by atoms with Gasteiger partial charge in [-0.2, -0.15) is 0 Å². The van der Waals surface area contributed by atoms with Gasteiger partial charge in [0.2, 0.25) is 5.91 Å². The van der Waals surface area contributed by atoms with Crippen molar-refractivity contribution in [3.63, 3.8) is 0 Å². The van der Waals surface area contributed by atoms with Gasteiger partial charge in [-0.15, -0.1) is 0 Å². The number of carbonyl (C=O) groups is 2. The number of fused-ring (bicyclic) bond motifs is 1. The molecule has 2 aromatic heterocycles. The van der Waals surface area contributed by atoms with Gasteiger partial charge in [0, 0.05) is 44.8 Å². The van der Waals surface area contributed by atoms with Crippen LogP contribution in [0, 0.1) is 10.8 Å². The third-order valence-corrected chi connectivity index (χ3v) is 7.32. The summed E-state index contributed by atoms with van der Waals surface area (Å²) in [5, 5.41) is 11.6. The van der Waals surface area contributed by atoms with E-state index in [1.807, 2.05) is 41.8 Å². The van der Waals surface area contributed by atoms with Gasteiger partial charge in [-0.3, -0.25) is 9.59 Å². The second kappa shape index (κ2) is 7.31. The van der Waals surface area contributed by atoms with Crippen LogP contribution in [0.4, 0.5) is 0 Å². The van der Waals surface area contributed by atoms with Gasteiger partial charge in [-0.25, -0.2) is 4.98 Å². The number of nitrogens with zero attached hydrogens (tertiary/aromatic N) is 4. The number of aliphatic hydroxyl groups is 1. The summed E-state index contributed by atoms with van der Waals surface area (Å²) in [6.07, 6.45) is 3.62. The van der Waals surface area contributed by atoms with Gasteiger partial charge in [-0.05, 0) is 49.8 Å². The molecule has 0 aromatic carbocycles. The highest BCUT2D eigenvalue weighted by molar-refractivity contribution is 5.94. The van der Waals surface area contributed by atoms with Crippen LogP contribution in [-0.4, -0.2) is 81.8 Å². The Morgan fingerprint density at radius 2 is 1.90 bits per heavy atom. The molecule has 0 aliphatic carbocycles. The van der Waals surface area contributed by atoms with Crippen LogP contribution in [0.5, 0.6) is 0 Å².